The number of benzene rings is 1. The Hall–Kier alpha value is -3.77. The van der Waals surface area contributed by atoms with E-state index < -0.39 is 37.9 Å². The quantitative estimate of drug-likeness (QED) is 0.540. The molecule has 2 aromatic heterocycles. The molecule has 13 heteroatoms. The van der Waals surface area contributed by atoms with E-state index in [1.807, 2.05) is 0 Å². The highest BCUT2D eigenvalue weighted by molar-refractivity contribution is 5.98. The van der Waals surface area contributed by atoms with Crippen LogP contribution in [0.1, 0.15) is 14.6 Å². The van der Waals surface area contributed by atoms with Crippen molar-refractivity contribution in [2.75, 3.05) is 18.9 Å². The second-order valence-corrected chi connectivity index (χ2v) is 5.93. The minimum atomic E-state index is -4.74. The molecular weight excluding hydrogens is 427 g/mol. The van der Waals surface area contributed by atoms with Crippen LogP contribution in [-0.4, -0.2) is 45.9 Å². The molecule has 31 heavy (non-hydrogen) atoms. The van der Waals surface area contributed by atoms with Gasteiger partial charge in [0.1, 0.15) is 12.4 Å². The van der Waals surface area contributed by atoms with Crippen LogP contribution < -0.4 is 15.4 Å². The van der Waals surface area contributed by atoms with E-state index in [2.05, 4.69) is 20.6 Å². The average Bonchev–Trinajstić information content (AvgIpc) is 3.23. The van der Waals surface area contributed by atoms with Crippen molar-refractivity contribution in [2.45, 2.75) is 12.7 Å². The molecule has 0 radical (unpaired) electrons. The number of amides is 1. The fourth-order valence-electron chi connectivity index (χ4n) is 2.49. The molecule has 0 aliphatic carbocycles. The topological polar surface area (TPSA) is 94.0 Å². The number of halogens is 5. The van der Waals surface area contributed by atoms with E-state index in [-0.39, 0.29) is 32.9 Å². The summed E-state index contributed by atoms with van der Waals surface area (Å²) in [5, 5.41) is 14.8. The maximum absolute atomic E-state index is 12.8. The summed E-state index contributed by atoms with van der Waals surface area (Å²) in [6, 6.07) is 5.16. The molecule has 0 unspecified atom stereocenters. The van der Waals surface area contributed by atoms with E-state index in [1.54, 1.807) is 5.32 Å². The van der Waals surface area contributed by atoms with Crippen molar-refractivity contribution in [1.29, 1.82) is 0 Å². The van der Waals surface area contributed by atoms with Crippen LogP contribution in [0.25, 0.3) is 11.1 Å². The van der Waals surface area contributed by atoms with Crippen LogP contribution in [0.4, 0.5) is 33.3 Å². The number of rotatable bonds is 7. The molecule has 2 N–H and O–H groups in total. The highest BCUT2D eigenvalue weighted by Crippen LogP contribution is 2.34. The van der Waals surface area contributed by atoms with E-state index in [9.17, 15) is 26.7 Å². The molecule has 1 aromatic carbocycles. The Balaban J connectivity index is 1.96. The highest BCUT2D eigenvalue weighted by atomic mass is 19.4. The van der Waals surface area contributed by atoms with Crippen LogP contribution >= 0.6 is 0 Å². The summed E-state index contributed by atoms with van der Waals surface area (Å²) in [5.74, 6) is -1.27. The van der Waals surface area contributed by atoms with Gasteiger partial charge in [0.2, 0.25) is 0 Å². The molecule has 164 valence electrons. The maximum atomic E-state index is 12.8. The summed E-state index contributed by atoms with van der Waals surface area (Å²) in [7, 11) is 0. The number of nitrogens with one attached hydrogen (secondary N) is 2. The lowest BCUT2D eigenvalue weighted by Crippen LogP contribution is -2.21. The molecular formula is C18H15F5N6O2. The van der Waals surface area contributed by atoms with Crippen molar-refractivity contribution in [1.82, 2.24) is 25.3 Å². The fraction of sp³-hybridized carbons (Fsp3) is 0.222. The number of alkyl halides is 5. The van der Waals surface area contributed by atoms with Gasteiger partial charge in [0.15, 0.2) is 5.69 Å². The molecule has 0 bridgehead atoms. The van der Waals surface area contributed by atoms with Gasteiger partial charge in [-0.1, -0.05) is 6.07 Å². The first-order chi connectivity index (χ1) is 15.8. The molecule has 0 aliphatic rings. The van der Waals surface area contributed by atoms with Gasteiger partial charge in [0.25, 0.3) is 12.3 Å². The molecule has 0 saturated carbocycles. The number of nitrogens with zero attached hydrogens (tertiary/aromatic N) is 4. The van der Waals surface area contributed by atoms with Crippen molar-refractivity contribution < 1.29 is 35.6 Å². The smallest absolute Gasteiger partial charge is 0.485 e. The number of anilines is 2. The van der Waals surface area contributed by atoms with Crippen molar-refractivity contribution >= 4 is 17.3 Å². The van der Waals surface area contributed by atoms with E-state index in [0.717, 1.165) is 6.20 Å². The Labute approximate surface area is 176 Å². The number of carbonyl (C=O) groups is 1. The van der Waals surface area contributed by atoms with Crippen LogP contribution in [0, 0.1) is 0 Å². The van der Waals surface area contributed by atoms with Crippen LogP contribution in [0.5, 0.6) is 5.75 Å². The Morgan fingerprint density at radius 1 is 1.26 bits per heavy atom. The first-order valence-corrected chi connectivity index (χ1v) is 8.42. The van der Waals surface area contributed by atoms with E-state index in [1.165, 1.54) is 30.5 Å². The van der Waals surface area contributed by atoms with Gasteiger partial charge in [-0.05, 0) is 23.8 Å². The lowest BCUT2D eigenvalue weighted by atomic mass is 10.1. The first kappa shape index (κ1) is 18.0. The van der Waals surface area contributed by atoms with Crippen LogP contribution in [-0.2, 0) is 6.30 Å². The average molecular weight is 445 g/mol. The van der Waals surface area contributed by atoms with Crippen molar-refractivity contribution in [3.8, 4) is 16.9 Å². The van der Waals surface area contributed by atoms with Gasteiger partial charge in [-0.25, -0.2) is 8.78 Å². The van der Waals surface area contributed by atoms with Gasteiger partial charge >= 0.3 is 6.30 Å². The second kappa shape index (κ2) is 8.93. The second-order valence-electron chi connectivity index (χ2n) is 5.93. The highest BCUT2D eigenvalue weighted by Gasteiger charge is 2.31. The molecule has 0 saturated heterocycles. The molecule has 1 amide bonds. The summed E-state index contributed by atoms with van der Waals surface area (Å²) in [6.07, 6.45) is -4.75. The number of hydrogen-bond donors (Lipinski definition) is 2. The minimum absolute atomic E-state index is 0.0312. The van der Waals surface area contributed by atoms with Crippen molar-refractivity contribution in [3.05, 3.63) is 48.5 Å². The van der Waals surface area contributed by atoms with Crippen molar-refractivity contribution in [3.63, 3.8) is 0 Å². The lowest BCUT2D eigenvalue weighted by Gasteiger charge is -2.15. The van der Waals surface area contributed by atoms with Crippen LogP contribution in [0.3, 0.4) is 0 Å². The van der Waals surface area contributed by atoms with Gasteiger partial charge in [-0.2, -0.15) is 14.9 Å². The predicted octanol–water partition coefficient (Wildman–Crippen LogP) is 3.56. The number of hydrogen-bond acceptors (Lipinski definition) is 6. The fourth-order valence-corrected chi connectivity index (χ4v) is 2.49. The molecule has 3 aromatic rings. The number of aromatic nitrogens is 4. The molecule has 0 spiro atoms. The Kier molecular flexibility index (Phi) is 5.20. The number of ether oxygens (including phenoxy) is 1. The summed E-state index contributed by atoms with van der Waals surface area (Å²) in [6.45, 7) is -3.83. The minimum Gasteiger partial charge on any atom is -0.485 e. The van der Waals surface area contributed by atoms with Gasteiger partial charge in [-0.3, -0.25) is 4.79 Å². The van der Waals surface area contributed by atoms with Crippen molar-refractivity contribution in [2.24, 2.45) is 0 Å². The van der Waals surface area contributed by atoms with E-state index >= 15 is 0 Å². The van der Waals surface area contributed by atoms with Gasteiger partial charge in [0, 0.05) is 22.8 Å². The summed E-state index contributed by atoms with van der Waals surface area (Å²) in [4.78, 5) is 12.2. The molecule has 3 rings (SSSR count). The predicted molar refractivity (Wildman–Crippen MR) is 99.2 cm³/mol. The summed E-state index contributed by atoms with van der Waals surface area (Å²) >= 11 is 0. The Morgan fingerprint density at radius 3 is 2.74 bits per heavy atom. The van der Waals surface area contributed by atoms with Crippen LogP contribution in [0.2, 0.25) is 0 Å². The summed E-state index contributed by atoms with van der Waals surface area (Å²) < 4.78 is 90.3. The van der Waals surface area contributed by atoms with E-state index in [4.69, 9.17) is 8.85 Å². The maximum Gasteiger partial charge on any atom is 0.504 e. The molecule has 0 aliphatic heterocycles. The largest absolute Gasteiger partial charge is 0.504 e. The molecule has 0 atom stereocenters. The van der Waals surface area contributed by atoms with E-state index in [0.29, 0.717) is 6.20 Å². The zero-order chi connectivity index (χ0) is 25.1. The Morgan fingerprint density at radius 2 is 2.06 bits per heavy atom. The third-order valence-electron chi connectivity index (χ3n) is 3.84. The molecule has 0 fully saturated rings. The zero-order valence-corrected chi connectivity index (χ0v) is 15.3. The van der Waals surface area contributed by atoms with Gasteiger partial charge in [-0.15, -0.1) is 18.3 Å². The SMILES string of the molecule is [2H]C([2H])([2H])NC(=O)c1nnccc1Nc1ccc(-c2cnn(C(F)(F)F)c2)cc1OCC(F)F. The molecule has 2 heterocycles. The van der Waals surface area contributed by atoms with Crippen LogP contribution in [0.15, 0.2) is 42.9 Å². The molecule has 8 nitrogen and oxygen atoms in total. The summed E-state index contributed by atoms with van der Waals surface area (Å²) in [5.41, 5.74) is -0.179. The number of carbonyl (C=O) groups excluding carboxylic acids is 1. The van der Waals surface area contributed by atoms with Gasteiger partial charge in [0.05, 0.1) is 23.8 Å². The standard InChI is InChI=1S/C18H15F5N6O2/c1-24-17(30)16-13(4-5-25-28-16)27-12-3-2-10(6-14(12)31-9-15(19)20)11-7-26-29(8-11)18(21,22)23/h2-8,15H,9H2,1H3,(H,24,30)(H,25,27)/i1D3. The normalized spacial score (nSPS) is 13.3. The zero-order valence-electron chi connectivity index (χ0n) is 18.3. The Bertz CT molecular complexity index is 1170. The lowest BCUT2D eigenvalue weighted by molar-refractivity contribution is -0.212. The third kappa shape index (κ3) is 5.24. The monoisotopic (exact) mass is 445 g/mol. The third-order valence-corrected chi connectivity index (χ3v) is 3.84. The first-order valence-electron chi connectivity index (χ1n) is 9.92. The van der Waals surface area contributed by atoms with Gasteiger partial charge < -0.3 is 15.4 Å².